The van der Waals surface area contributed by atoms with Crippen LogP contribution in [0.4, 0.5) is 17.2 Å². The zero-order valence-electron chi connectivity index (χ0n) is 13.2. The van der Waals surface area contributed by atoms with Crippen molar-refractivity contribution in [2.45, 2.75) is 13.5 Å². The van der Waals surface area contributed by atoms with Gasteiger partial charge in [-0.15, -0.1) is 11.3 Å². The lowest BCUT2D eigenvalue weighted by molar-refractivity contribution is 0.103. The zero-order valence-corrected chi connectivity index (χ0v) is 14.1. The minimum Gasteiger partial charge on any atom is -0.382 e. The van der Waals surface area contributed by atoms with Gasteiger partial charge in [-0.1, -0.05) is 12.1 Å². The lowest BCUT2D eigenvalue weighted by Crippen LogP contribution is -2.10. The molecule has 0 aliphatic heterocycles. The molecule has 0 saturated carbocycles. The maximum absolute atomic E-state index is 12.2. The Bertz CT molecular complexity index is 859. The molecule has 0 radical (unpaired) electrons. The average molecular weight is 338 g/mol. The van der Waals surface area contributed by atoms with Crippen LogP contribution >= 0.6 is 11.3 Å². The molecule has 2 heterocycles. The van der Waals surface area contributed by atoms with Crippen molar-refractivity contribution in [3.8, 4) is 0 Å². The van der Waals surface area contributed by atoms with Gasteiger partial charge in [0.25, 0.3) is 5.91 Å². The Morgan fingerprint density at radius 1 is 1.21 bits per heavy atom. The highest BCUT2D eigenvalue weighted by atomic mass is 32.1. The molecule has 122 valence electrons. The van der Waals surface area contributed by atoms with Crippen molar-refractivity contribution in [1.82, 2.24) is 4.98 Å². The molecule has 0 spiro atoms. The molecule has 24 heavy (non-hydrogen) atoms. The van der Waals surface area contributed by atoms with E-state index in [1.807, 2.05) is 55.5 Å². The summed E-state index contributed by atoms with van der Waals surface area (Å²) in [5.74, 6) is 0.379. The number of pyridine rings is 1. The molecule has 6 heteroatoms. The van der Waals surface area contributed by atoms with Crippen LogP contribution in [0, 0.1) is 6.92 Å². The number of nitrogen functional groups attached to an aromatic ring is 1. The van der Waals surface area contributed by atoms with Gasteiger partial charge < -0.3 is 16.4 Å². The molecule has 0 saturated heterocycles. The number of aryl methyl sites for hydroxylation is 1. The molecule has 0 aliphatic rings. The number of hydrogen-bond donors (Lipinski definition) is 3. The first kappa shape index (κ1) is 16.0. The van der Waals surface area contributed by atoms with Gasteiger partial charge in [0.1, 0.15) is 5.82 Å². The number of thiophene rings is 1. The number of amides is 1. The van der Waals surface area contributed by atoms with E-state index in [0.717, 1.165) is 21.8 Å². The average Bonchev–Trinajstić information content (AvgIpc) is 3.01. The Balaban J connectivity index is 1.66. The maximum atomic E-state index is 12.2. The van der Waals surface area contributed by atoms with Gasteiger partial charge in [0.05, 0.1) is 10.6 Å². The van der Waals surface area contributed by atoms with Crippen molar-refractivity contribution in [3.63, 3.8) is 0 Å². The summed E-state index contributed by atoms with van der Waals surface area (Å²) in [5, 5.41) is 6.17. The lowest BCUT2D eigenvalue weighted by atomic mass is 10.2. The van der Waals surface area contributed by atoms with Crippen LogP contribution in [0.25, 0.3) is 0 Å². The van der Waals surface area contributed by atoms with E-state index in [1.165, 1.54) is 11.3 Å². The van der Waals surface area contributed by atoms with Crippen LogP contribution in [-0.4, -0.2) is 10.9 Å². The van der Waals surface area contributed by atoms with Crippen LogP contribution < -0.4 is 16.4 Å². The number of hydrogen-bond acceptors (Lipinski definition) is 5. The predicted octanol–water partition coefficient (Wildman–Crippen LogP) is 3.90. The first-order valence-electron chi connectivity index (χ1n) is 7.53. The Morgan fingerprint density at radius 2 is 2.08 bits per heavy atom. The van der Waals surface area contributed by atoms with E-state index in [1.54, 1.807) is 6.20 Å². The van der Waals surface area contributed by atoms with E-state index in [4.69, 9.17) is 5.73 Å². The molecule has 0 fully saturated rings. The lowest BCUT2D eigenvalue weighted by Gasteiger charge is -2.10. The molecule has 1 aromatic carbocycles. The summed E-state index contributed by atoms with van der Waals surface area (Å²) in [4.78, 5) is 18.1. The van der Waals surface area contributed by atoms with Crippen molar-refractivity contribution in [3.05, 3.63) is 70.0 Å². The minimum atomic E-state index is -0.0882. The number of carbonyl (C=O) groups excluding carboxylic acids is 1. The van der Waals surface area contributed by atoms with Gasteiger partial charge in [-0.05, 0) is 48.9 Å². The highest BCUT2D eigenvalue weighted by Crippen LogP contribution is 2.19. The fourth-order valence-corrected chi connectivity index (χ4v) is 3.04. The van der Waals surface area contributed by atoms with Crippen molar-refractivity contribution in [2.75, 3.05) is 16.4 Å². The largest absolute Gasteiger partial charge is 0.382 e. The van der Waals surface area contributed by atoms with Gasteiger partial charge in [0, 0.05) is 23.3 Å². The predicted molar refractivity (Wildman–Crippen MR) is 99.4 cm³/mol. The Kier molecular flexibility index (Phi) is 4.77. The van der Waals surface area contributed by atoms with Crippen molar-refractivity contribution in [1.29, 1.82) is 0 Å². The summed E-state index contributed by atoms with van der Waals surface area (Å²) in [6, 6.07) is 15.2. The van der Waals surface area contributed by atoms with Crippen LogP contribution in [-0.2, 0) is 6.54 Å². The van der Waals surface area contributed by atoms with Crippen LogP contribution in [0.5, 0.6) is 0 Å². The van der Waals surface area contributed by atoms with E-state index < -0.39 is 0 Å². The number of benzene rings is 1. The second kappa shape index (κ2) is 7.14. The number of anilines is 3. The van der Waals surface area contributed by atoms with E-state index in [-0.39, 0.29) is 5.91 Å². The molecule has 0 bridgehead atoms. The van der Waals surface area contributed by atoms with Crippen molar-refractivity contribution < 1.29 is 4.79 Å². The summed E-state index contributed by atoms with van der Waals surface area (Å²) in [5.41, 5.74) is 8.42. The van der Waals surface area contributed by atoms with E-state index in [2.05, 4.69) is 15.6 Å². The molecular formula is C18H18N4OS. The van der Waals surface area contributed by atoms with E-state index >= 15 is 0 Å². The molecule has 4 N–H and O–H groups in total. The quantitative estimate of drug-likeness (QED) is 0.659. The van der Waals surface area contributed by atoms with Gasteiger partial charge >= 0.3 is 0 Å². The third kappa shape index (κ3) is 3.91. The number of carbonyl (C=O) groups is 1. The van der Waals surface area contributed by atoms with Gasteiger partial charge in [-0.25, -0.2) is 4.98 Å². The summed E-state index contributed by atoms with van der Waals surface area (Å²) in [6.45, 7) is 2.58. The number of nitrogens with two attached hydrogens (primary N) is 1. The van der Waals surface area contributed by atoms with Crippen LogP contribution in [0.3, 0.4) is 0 Å². The fourth-order valence-electron chi connectivity index (χ4n) is 2.27. The molecule has 5 nitrogen and oxygen atoms in total. The molecule has 3 aromatic rings. The highest BCUT2D eigenvalue weighted by Gasteiger charge is 2.08. The normalized spacial score (nSPS) is 10.4. The summed E-state index contributed by atoms with van der Waals surface area (Å²) >= 11 is 1.48. The van der Waals surface area contributed by atoms with Gasteiger partial charge in [-0.3, -0.25) is 4.79 Å². The molecule has 3 rings (SSSR count). The third-order valence-corrected chi connectivity index (χ3v) is 4.47. The van der Waals surface area contributed by atoms with Crippen LogP contribution in [0.2, 0.25) is 0 Å². The van der Waals surface area contributed by atoms with Gasteiger partial charge in [0.2, 0.25) is 0 Å². The van der Waals surface area contributed by atoms with E-state index in [9.17, 15) is 4.79 Å². The van der Waals surface area contributed by atoms with Crippen LogP contribution in [0.15, 0.2) is 54.7 Å². The first-order chi connectivity index (χ1) is 11.6. The summed E-state index contributed by atoms with van der Waals surface area (Å²) in [6.07, 6.45) is 1.66. The van der Waals surface area contributed by atoms with Gasteiger partial charge in [-0.2, -0.15) is 0 Å². The maximum Gasteiger partial charge on any atom is 0.265 e. The zero-order chi connectivity index (χ0) is 16.9. The second-order valence-corrected chi connectivity index (χ2v) is 6.64. The molecule has 0 unspecified atom stereocenters. The molecular weight excluding hydrogens is 320 g/mol. The number of aromatic nitrogens is 1. The SMILES string of the molecule is Cc1ccc(C(=O)Nc2cccc(CNc3cccnc3N)c2)s1. The number of nitrogens with one attached hydrogen (secondary N) is 2. The highest BCUT2D eigenvalue weighted by molar-refractivity contribution is 7.14. The Morgan fingerprint density at radius 3 is 2.83 bits per heavy atom. The molecule has 2 aromatic heterocycles. The molecule has 1 amide bonds. The topological polar surface area (TPSA) is 80.0 Å². The van der Waals surface area contributed by atoms with Crippen molar-refractivity contribution in [2.24, 2.45) is 0 Å². The van der Waals surface area contributed by atoms with Crippen molar-refractivity contribution >= 4 is 34.4 Å². The third-order valence-electron chi connectivity index (χ3n) is 3.47. The standard InChI is InChI=1S/C18H18N4OS/c1-12-7-8-16(24-12)18(23)22-14-5-2-4-13(10-14)11-21-15-6-3-9-20-17(15)19/h2-10,21H,11H2,1H3,(H2,19,20)(H,22,23). The minimum absolute atomic E-state index is 0.0882. The number of nitrogens with zero attached hydrogens (tertiary/aromatic N) is 1. The Labute approximate surface area is 144 Å². The van der Waals surface area contributed by atoms with E-state index in [0.29, 0.717) is 17.2 Å². The first-order valence-corrected chi connectivity index (χ1v) is 8.34. The number of rotatable bonds is 5. The summed E-state index contributed by atoms with van der Waals surface area (Å²) < 4.78 is 0. The smallest absolute Gasteiger partial charge is 0.265 e. The molecule has 0 aliphatic carbocycles. The molecule has 0 atom stereocenters. The van der Waals surface area contributed by atoms with Crippen LogP contribution in [0.1, 0.15) is 20.1 Å². The fraction of sp³-hybridized carbons (Fsp3) is 0.111. The van der Waals surface area contributed by atoms with Gasteiger partial charge in [0.15, 0.2) is 0 Å². The summed E-state index contributed by atoms with van der Waals surface area (Å²) in [7, 11) is 0. The monoisotopic (exact) mass is 338 g/mol. The Hall–Kier alpha value is -2.86. The second-order valence-electron chi connectivity index (χ2n) is 5.35.